The summed E-state index contributed by atoms with van der Waals surface area (Å²) in [6, 6.07) is 0. The first-order valence-corrected chi connectivity index (χ1v) is 4.47. The van der Waals surface area contributed by atoms with Crippen LogP contribution in [0.3, 0.4) is 0 Å². The van der Waals surface area contributed by atoms with Gasteiger partial charge in [-0.2, -0.15) is 17.7 Å². The van der Waals surface area contributed by atoms with E-state index < -0.39 is 0 Å². The average molecular weight is 272 g/mol. The topological polar surface area (TPSA) is 17.1 Å². The number of hydrogen-bond acceptors (Lipinski definition) is 1. The Labute approximate surface area is 97.0 Å². The third-order valence-corrected chi connectivity index (χ3v) is 2.33. The smallest absolute Gasteiger partial charge is 0.296 e. The van der Waals surface area contributed by atoms with Gasteiger partial charge >= 0.3 is 19.5 Å². The van der Waals surface area contributed by atoms with E-state index in [4.69, 9.17) is 0 Å². The molecule has 0 heterocycles. The van der Waals surface area contributed by atoms with Crippen molar-refractivity contribution in [2.24, 2.45) is 0 Å². The van der Waals surface area contributed by atoms with Crippen LogP contribution in [-0.4, -0.2) is 5.78 Å². The Balaban J connectivity index is 0.000000980. The molecule has 0 amide bonds. The minimum Gasteiger partial charge on any atom is -0.296 e. The average Bonchev–Trinajstić information content (AvgIpc) is 2.74. The number of carbonyl (C=O) groups excluding carboxylic acids is 1. The minimum absolute atomic E-state index is 0. The van der Waals surface area contributed by atoms with Crippen molar-refractivity contribution in [1.29, 1.82) is 0 Å². The van der Waals surface area contributed by atoms with Crippen molar-refractivity contribution < 1.29 is 24.3 Å². The number of carbonyl (C=O) groups is 1. The second kappa shape index (κ2) is 4.66. The monoisotopic (exact) mass is 273 g/mol. The van der Waals surface area contributed by atoms with Gasteiger partial charge in [-0.3, -0.25) is 4.79 Å². The summed E-state index contributed by atoms with van der Waals surface area (Å²) in [7, 11) is 0. The largest absolute Gasteiger partial charge is 1.00 e. The van der Waals surface area contributed by atoms with Gasteiger partial charge in [0.15, 0.2) is 0 Å². The number of allylic oxidation sites excluding steroid dienone is 8. The van der Waals surface area contributed by atoms with Crippen LogP contribution in [0.4, 0.5) is 0 Å². The van der Waals surface area contributed by atoms with Crippen LogP contribution in [0.1, 0.15) is 19.8 Å². The number of hydrogen-bond donors (Lipinski definition) is 0. The van der Waals surface area contributed by atoms with E-state index in [-0.39, 0.29) is 25.3 Å². The minimum atomic E-state index is 0. The maximum absolute atomic E-state index is 11.2. The van der Waals surface area contributed by atoms with Gasteiger partial charge in [0, 0.05) is 0 Å². The molecular formula is C12H11ORu. The van der Waals surface area contributed by atoms with Crippen molar-refractivity contribution in [3.8, 4) is 0 Å². The molecule has 2 rings (SSSR count). The molecule has 0 N–H and O–H groups in total. The normalized spacial score (nSPS) is 18.5. The maximum Gasteiger partial charge on any atom is 1.00 e. The van der Waals surface area contributed by atoms with Gasteiger partial charge in [0.2, 0.25) is 0 Å². The molecule has 0 aromatic carbocycles. The summed E-state index contributed by atoms with van der Waals surface area (Å²) >= 11 is 0. The van der Waals surface area contributed by atoms with Crippen LogP contribution >= 0.6 is 0 Å². The van der Waals surface area contributed by atoms with Crippen molar-refractivity contribution in [3.63, 3.8) is 0 Å². The van der Waals surface area contributed by atoms with Crippen LogP contribution in [0.5, 0.6) is 0 Å². The molecule has 14 heavy (non-hydrogen) atoms. The second-order valence-corrected chi connectivity index (χ2v) is 3.25. The van der Waals surface area contributed by atoms with Crippen molar-refractivity contribution in [2.75, 3.05) is 0 Å². The molecule has 0 saturated heterocycles. The van der Waals surface area contributed by atoms with Gasteiger partial charge in [-0.25, -0.2) is 0 Å². The van der Waals surface area contributed by atoms with Gasteiger partial charge in [0.25, 0.3) is 0 Å². The maximum atomic E-state index is 11.2. The molecule has 0 aromatic rings. The van der Waals surface area contributed by atoms with E-state index in [1.807, 2.05) is 18.2 Å². The zero-order valence-electron chi connectivity index (χ0n) is 7.99. The summed E-state index contributed by atoms with van der Waals surface area (Å²) in [6.45, 7) is 1.62. The Morgan fingerprint density at radius 3 is 2.71 bits per heavy atom. The third-order valence-electron chi connectivity index (χ3n) is 2.33. The van der Waals surface area contributed by atoms with Gasteiger partial charge in [0.1, 0.15) is 5.78 Å². The van der Waals surface area contributed by atoms with Gasteiger partial charge in [-0.05, 0) is 12.5 Å². The molecule has 0 atom stereocenters. The Hall–Kier alpha value is -0.747. The molecule has 0 saturated carbocycles. The Kier molecular flexibility index (Phi) is 3.77. The van der Waals surface area contributed by atoms with Crippen LogP contribution in [-0.2, 0) is 24.3 Å². The fourth-order valence-electron chi connectivity index (χ4n) is 1.70. The fourth-order valence-corrected chi connectivity index (χ4v) is 1.70. The summed E-state index contributed by atoms with van der Waals surface area (Å²) in [6.07, 6.45) is 13.1. The fraction of sp³-hybridized carbons (Fsp3) is 0.250. The first-order valence-electron chi connectivity index (χ1n) is 4.47. The number of ketones is 1. The molecule has 1 nitrogen and oxygen atoms in total. The zero-order chi connectivity index (χ0) is 9.26. The van der Waals surface area contributed by atoms with Gasteiger partial charge in [0.05, 0.1) is 0 Å². The predicted octanol–water partition coefficient (Wildman–Crippen LogP) is 2.52. The summed E-state index contributed by atoms with van der Waals surface area (Å²) in [5.74, 6) is 0.151. The molecule has 0 aromatic heterocycles. The van der Waals surface area contributed by atoms with Crippen LogP contribution in [0, 0.1) is 6.08 Å². The van der Waals surface area contributed by atoms with Gasteiger partial charge < -0.3 is 0 Å². The quantitative estimate of drug-likeness (QED) is 0.557. The molecule has 0 spiro atoms. The summed E-state index contributed by atoms with van der Waals surface area (Å²) in [5, 5.41) is 0. The van der Waals surface area contributed by atoms with E-state index in [1.165, 1.54) is 0 Å². The van der Waals surface area contributed by atoms with Crippen molar-refractivity contribution in [1.82, 2.24) is 0 Å². The molecule has 73 valence electrons. The second-order valence-electron chi connectivity index (χ2n) is 3.25. The van der Waals surface area contributed by atoms with Crippen molar-refractivity contribution in [3.05, 3.63) is 47.1 Å². The van der Waals surface area contributed by atoms with E-state index in [1.54, 1.807) is 6.92 Å². The summed E-state index contributed by atoms with van der Waals surface area (Å²) < 4.78 is 0. The van der Waals surface area contributed by atoms with Crippen LogP contribution in [0.2, 0.25) is 0 Å². The molecule has 0 aliphatic heterocycles. The molecule has 0 bridgehead atoms. The third kappa shape index (κ3) is 2.01. The Bertz CT molecular complexity index is 370. The van der Waals surface area contributed by atoms with Crippen molar-refractivity contribution >= 4 is 5.78 Å². The van der Waals surface area contributed by atoms with E-state index in [0.29, 0.717) is 0 Å². The van der Waals surface area contributed by atoms with Gasteiger partial charge in [-0.15, -0.1) is 11.6 Å². The number of Topliss-reactive ketones (excluding diaryl/α,β-unsaturated/α-hetero) is 1. The van der Waals surface area contributed by atoms with E-state index in [9.17, 15) is 4.79 Å². The molecule has 2 aliphatic rings. The number of rotatable bonds is 2. The molecule has 0 fully saturated rings. The predicted molar refractivity (Wildman–Crippen MR) is 52.0 cm³/mol. The van der Waals surface area contributed by atoms with E-state index in [2.05, 4.69) is 12.2 Å². The Morgan fingerprint density at radius 1 is 1.36 bits per heavy atom. The molecule has 2 aliphatic carbocycles. The molecular weight excluding hydrogens is 261 g/mol. The Morgan fingerprint density at radius 2 is 2.14 bits per heavy atom. The van der Waals surface area contributed by atoms with Gasteiger partial charge in [-0.1, -0.05) is 25.0 Å². The van der Waals surface area contributed by atoms with Crippen LogP contribution < -0.4 is 0 Å². The van der Waals surface area contributed by atoms with E-state index >= 15 is 0 Å². The van der Waals surface area contributed by atoms with Crippen molar-refractivity contribution in [2.45, 2.75) is 19.8 Å². The first-order chi connectivity index (χ1) is 6.29. The van der Waals surface area contributed by atoms with Crippen LogP contribution in [0.15, 0.2) is 41.0 Å². The standard InChI is InChI=1S/C12H11O.Ru/c1-9(13)11-7-4-8-12(11)10-5-2-3-6-10;/h2,4-5,7H,3,8H2,1H3;/q-1;+1. The molecule has 0 unspecified atom stereocenters. The molecule has 2 heteroatoms. The van der Waals surface area contributed by atoms with Crippen LogP contribution in [0.25, 0.3) is 0 Å². The molecule has 1 radical (unpaired) electrons. The SMILES string of the molecule is CC(=O)C1=C(C2=[C-]CC=C2)CC=C1.[Ru+]. The first kappa shape index (κ1) is 11.3. The summed E-state index contributed by atoms with van der Waals surface area (Å²) in [5.41, 5.74) is 3.10. The summed E-state index contributed by atoms with van der Waals surface area (Å²) in [4.78, 5) is 11.2. The zero-order valence-corrected chi connectivity index (χ0v) is 9.72. The van der Waals surface area contributed by atoms with E-state index in [0.717, 1.165) is 29.6 Å².